The largest absolute Gasteiger partial charge is 0.227 e. The molecular weight excluding hydrogens is 693 g/mol. The van der Waals surface area contributed by atoms with Gasteiger partial charge in [-0.3, -0.25) is 0 Å². The number of hydrogen-bond acceptors (Lipinski definition) is 2. The Morgan fingerprint density at radius 2 is 0.974 bits per heavy atom. The maximum absolute atomic E-state index is 14.4. The predicted octanol–water partition coefficient (Wildman–Crippen LogP) is 10.4. The molecule has 9 heteroatoms. The molecule has 0 amide bonds. The van der Waals surface area contributed by atoms with Gasteiger partial charge < -0.3 is 0 Å². The minimum absolute atomic E-state index is 0.364. The zero-order chi connectivity index (χ0) is 28.2. The smallest absolute Gasteiger partial charge is 0.171 e. The zero-order valence-corrected chi connectivity index (χ0v) is 25.5. The molecule has 0 spiro atoms. The summed E-state index contributed by atoms with van der Waals surface area (Å²) < 4.78 is 57.8. The second kappa shape index (κ2) is 12.9. The summed E-state index contributed by atoms with van der Waals surface area (Å²) in [6.07, 6.45) is 6.29. The SMILES string of the molecule is O=S(=O)(C(C=Cc1ccc(Br)cc1Cl)c1ccc(F)cc1)C(C=Cc1ccc(Br)cc1Cl)c1ccc(F)cc1. The van der Waals surface area contributed by atoms with Crippen molar-refractivity contribution < 1.29 is 17.2 Å². The first-order chi connectivity index (χ1) is 18.5. The molecular formula is C30H20Br2Cl2F2O2S. The Hall–Kier alpha value is -2.29. The van der Waals surface area contributed by atoms with E-state index in [9.17, 15) is 17.2 Å². The highest BCUT2D eigenvalue weighted by atomic mass is 79.9. The van der Waals surface area contributed by atoms with Crippen LogP contribution in [-0.2, 0) is 9.84 Å². The molecule has 0 radical (unpaired) electrons. The molecule has 0 saturated carbocycles. The van der Waals surface area contributed by atoms with Crippen molar-refractivity contribution in [3.63, 3.8) is 0 Å². The molecule has 0 aromatic heterocycles. The topological polar surface area (TPSA) is 34.1 Å². The number of hydrogen-bond donors (Lipinski definition) is 0. The molecule has 4 rings (SSSR count). The zero-order valence-electron chi connectivity index (χ0n) is 20.0. The summed E-state index contributed by atoms with van der Waals surface area (Å²) in [6.45, 7) is 0. The lowest BCUT2D eigenvalue weighted by Crippen LogP contribution is -2.19. The van der Waals surface area contributed by atoms with Gasteiger partial charge in [-0.15, -0.1) is 0 Å². The third kappa shape index (κ3) is 7.47. The molecule has 200 valence electrons. The molecule has 0 bridgehead atoms. The third-order valence-electron chi connectivity index (χ3n) is 5.93. The van der Waals surface area contributed by atoms with Crippen molar-refractivity contribution in [2.75, 3.05) is 0 Å². The molecule has 39 heavy (non-hydrogen) atoms. The summed E-state index contributed by atoms with van der Waals surface area (Å²) in [6, 6.07) is 21.1. The number of benzene rings is 4. The van der Waals surface area contributed by atoms with Crippen LogP contribution >= 0.6 is 55.1 Å². The van der Waals surface area contributed by atoms with Crippen LogP contribution in [0.25, 0.3) is 12.2 Å². The molecule has 0 saturated heterocycles. The Kier molecular flexibility index (Phi) is 9.83. The molecule has 0 aliphatic heterocycles. The highest BCUT2D eigenvalue weighted by Crippen LogP contribution is 2.38. The average Bonchev–Trinajstić information content (AvgIpc) is 2.88. The van der Waals surface area contributed by atoms with E-state index in [1.165, 1.54) is 60.7 Å². The maximum Gasteiger partial charge on any atom is 0.171 e. The van der Waals surface area contributed by atoms with E-state index < -0.39 is 32.0 Å². The first-order valence-corrected chi connectivity index (χ1v) is 15.5. The van der Waals surface area contributed by atoms with Crippen molar-refractivity contribution in [1.29, 1.82) is 0 Å². The van der Waals surface area contributed by atoms with Gasteiger partial charge in [-0.05, 0) is 70.8 Å². The summed E-state index contributed by atoms with van der Waals surface area (Å²) in [7, 11) is -4.10. The van der Waals surface area contributed by atoms with Gasteiger partial charge in [-0.25, -0.2) is 17.2 Å². The average molecular weight is 713 g/mol. The van der Waals surface area contributed by atoms with Crippen molar-refractivity contribution in [1.82, 2.24) is 0 Å². The number of rotatable bonds is 8. The van der Waals surface area contributed by atoms with Crippen LogP contribution in [0.4, 0.5) is 8.78 Å². The van der Waals surface area contributed by atoms with Crippen molar-refractivity contribution in [3.8, 4) is 0 Å². The summed E-state index contributed by atoms with van der Waals surface area (Å²) in [4.78, 5) is 0. The highest BCUT2D eigenvalue weighted by Gasteiger charge is 2.33. The van der Waals surface area contributed by atoms with Crippen molar-refractivity contribution in [2.24, 2.45) is 0 Å². The van der Waals surface area contributed by atoms with Gasteiger partial charge in [-0.1, -0.05) is 116 Å². The molecule has 2 atom stereocenters. The van der Waals surface area contributed by atoms with Crippen LogP contribution in [-0.4, -0.2) is 8.42 Å². The van der Waals surface area contributed by atoms with Crippen LogP contribution in [0.15, 0.2) is 106 Å². The summed E-state index contributed by atoms with van der Waals surface area (Å²) in [5.74, 6) is -0.982. The second-order valence-electron chi connectivity index (χ2n) is 8.58. The molecule has 2 nitrogen and oxygen atoms in total. The van der Waals surface area contributed by atoms with Crippen molar-refractivity contribution in [2.45, 2.75) is 10.5 Å². The number of halogens is 6. The van der Waals surface area contributed by atoms with Crippen LogP contribution in [0, 0.1) is 11.6 Å². The van der Waals surface area contributed by atoms with Gasteiger partial charge >= 0.3 is 0 Å². The van der Waals surface area contributed by atoms with Gasteiger partial charge in [0.1, 0.15) is 22.1 Å². The second-order valence-corrected chi connectivity index (χ2v) is 13.4. The summed E-state index contributed by atoms with van der Waals surface area (Å²) in [5.41, 5.74) is 1.95. The fraction of sp³-hybridized carbons (Fsp3) is 0.0667. The van der Waals surface area contributed by atoms with Crippen LogP contribution in [0.5, 0.6) is 0 Å². The van der Waals surface area contributed by atoms with E-state index in [0.717, 1.165) is 8.95 Å². The molecule has 2 unspecified atom stereocenters. The normalized spacial score (nSPS) is 13.7. The molecule has 0 aliphatic rings. The Balaban J connectivity index is 1.85. The van der Waals surface area contributed by atoms with E-state index in [0.29, 0.717) is 32.3 Å². The van der Waals surface area contributed by atoms with E-state index in [4.69, 9.17) is 23.2 Å². The van der Waals surface area contributed by atoms with Crippen LogP contribution in [0.2, 0.25) is 10.0 Å². The Morgan fingerprint density at radius 1 is 0.615 bits per heavy atom. The standard InChI is InChI=1S/C30H20Br2Cl2F2O2S/c31-23-9-1-19(27(33)17-23)7-15-29(21-3-11-25(35)12-4-21)39(37,38)30(22-5-13-26(36)14-6-22)16-8-20-2-10-24(32)18-28(20)34/h1-18,29-30H. The molecule has 0 heterocycles. The van der Waals surface area contributed by atoms with Crippen LogP contribution < -0.4 is 0 Å². The maximum atomic E-state index is 14.4. The van der Waals surface area contributed by atoms with Gasteiger partial charge in [0.15, 0.2) is 9.84 Å². The van der Waals surface area contributed by atoms with Crippen molar-refractivity contribution >= 4 is 77.1 Å². The summed E-state index contributed by atoms with van der Waals surface area (Å²) in [5, 5.41) is -1.51. The van der Waals surface area contributed by atoms with E-state index in [-0.39, 0.29) is 0 Å². The van der Waals surface area contributed by atoms with Gasteiger partial charge in [0, 0.05) is 19.0 Å². The Bertz CT molecular complexity index is 1520. The quantitative estimate of drug-likeness (QED) is 0.182. The fourth-order valence-electron chi connectivity index (χ4n) is 3.94. The van der Waals surface area contributed by atoms with Gasteiger partial charge in [0.05, 0.1) is 0 Å². The molecule has 4 aromatic rings. The Morgan fingerprint density at radius 3 is 1.31 bits per heavy atom. The van der Waals surface area contributed by atoms with E-state index >= 15 is 0 Å². The van der Waals surface area contributed by atoms with Gasteiger partial charge in [-0.2, -0.15) is 0 Å². The lowest BCUT2D eigenvalue weighted by atomic mass is 10.1. The first kappa shape index (κ1) is 29.7. The lowest BCUT2D eigenvalue weighted by molar-refractivity contribution is 0.583. The first-order valence-electron chi connectivity index (χ1n) is 11.5. The molecule has 0 fully saturated rings. The van der Waals surface area contributed by atoms with E-state index in [2.05, 4.69) is 31.9 Å². The van der Waals surface area contributed by atoms with Gasteiger partial charge in [0.2, 0.25) is 0 Å². The van der Waals surface area contributed by atoms with Crippen molar-refractivity contribution in [3.05, 3.63) is 150 Å². The fourth-order valence-corrected chi connectivity index (χ4v) is 7.40. The molecule has 0 aliphatic carbocycles. The van der Waals surface area contributed by atoms with Crippen LogP contribution in [0.1, 0.15) is 32.8 Å². The van der Waals surface area contributed by atoms with Crippen LogP contribution in [0.3, 0.4) is 0 Å². The minimum atomic E-state index is -4.10. The van der Waals surface area contributed by atoms with E-state index in [1.54, 1.807) is 48.6 Å². The number of sulfone groups is 1. The van der Waals surface area contributed by atoms with Gasteiger partial charge in [0.25, 0.3) is 0 Å². The monoisotopic (exact) mass is 710 g/mol. The van der Waals surface area contributed by atoms with E-state index in [1.807, 2.05) is 0 Å². The highest BCUT2D eigenvalue weighted by molar-refractivity contribution is 9.10. The molecule has 4 aromatic carbocycles. The Labute approximate surface area is 253 Å². The third-order valence-corrected chi connectivity index (χ3v) is 9.85. The minimum Gasteiger partial charge on any atom is -0.227 e. The lowest BCUT2D eigenvalue weighted by Gasteiger charge is -2.22. The predicted molar refractivity (Wildman–Crippen MR) is 164 cm³/mol. The summed E-state index contributed by atoms with van der Waals surface area (Å²) >= 11 is 19.5. The molecule has 0 N–H and O–H groups in total.